The van der Waals surface area contributed by atoms with Gasteiger partial charge in [0.15, 0.2) is 0 Å². The number of allylic oxidation sites excluding steroid dienone is 1. The van der Waals surface area contributed by atoms with Crippen LogP contribution in [0.25, 0.3) is 5.76 Å². The monoisotopic (exact) mass is 194 g/mol. The van der Waals surface area contributed by atoms with Crippen molar-refractivity contribution >= 4 is 23.3 Å². The summed E-state index contributed by atoms with van der Waals surface area (Å²) in [5.74, 6) is 0.280. The molecular formula is C10H7ClO2. The first-order chi connectivity index (χ1) is 6.22. The lowest BCUT2D eigenvalue weighted by Crippen LogP contribution is -1.92. The van der Waals surface area contributed by atoms with Gasteiger partial charge in [0.2, 0.25) is 0 Å². The second-order valence-corrected chi connectivity index (χ2v) is 3.17. The van der Waals surface area contributed by atoms with Crippen molar-refractivity contribution in [2.45, 2.75) is 6.92 Å². The maximum atomic E-state index is 11.3. The number of hydrogen-bond acceptors (Lipinski definition) is 2. The van der Waals surface area contributed by atoms with Crippen molar-refractivity contribution in [2.24, 2.45) is 0 Å². The molecule has 1 aromatic rings. The van der Waals surface area contributed by atoms with Gasteiger partial charge in [-0.25, -0.2) is 4.79 Å². The van der Waals surface area contributed by atoms with Crippen LogP contribution >= 0.6 is 11.6 Å². The van der Waals surface area contributed by atoms with Crippen LogP contribution in [-0.4, -0.2) is 5.97 Å². The highest BCUT2D eigenvalue weighted by Crippen LogP contribution is 2.31. The summed E-state index contributed by atoms with van der Waals surface area (Å²) in [5.41, 5.74) is 1.36. The lowest BCUT2D eigenvalue weighted by Gasteiger charge is -1.95. The predicted molar refractivity (Wildman–Crippen MR) is 50.5 cm³/mol. The molecule has 0 aliphatic carbocycles. The predicted octanol–water partition coefficient (Wildman–Crippen LogP) is 2.87. The van der Waals surface area contributed by atoms with E-state index in [1.165, 1.54) is 0 Å². The quantitative estimate of drug-likeness (QED) is 0.594. The highest BCUT2D eigenvalue weighted by molar-refractivity contribution is 6.31. The molecule has 3 heteroatoms. The van der Waals surface area contributed by atoms with Gasteiger partial charge in [-0.1, -0.05) is 11.6 Å². The highest BCUT2D eigenvalue weighted by atomic mass is 35.5. The molecule has 66 valence electrons. The van der Waals surface area contributed by atoms with Gasteiger partial charge in [-0.3, -0.25) is 0 Å². The minimum Gasteiger partial charge on any atom is -0.423 e. The van der Waals surface area contributed by atoms with Gasteiger partial charge < -0.3 is 4.74 Å². The average Bonchev–Trinajstić information content (AvgIpc) is 2.43. The molecule has 13 heavy (non-hydrogen) atoms. The van der Waals surface area contributed by atoms with E-state index < -0.39 is 0 Å². The number of carbonyl (C=O) groups is 1. The van der Waals surface area contributed by atoms with E-state index in [0.29, 0.717) is 16.3 Å². The number of cyclic esters (lactones) is 1. The van der Waals surface area contributed by atoms with Crippen LogP contribution in [0.4, 0.5) is 0 Å². The van der Waals surface area contributed by atoms with E-state index in [1.54, 1.807) is 24.3 Å². The van der Waals surface area contributed by atoms with E-state index in [1.807, 2.05) is 6.92 Å². The van der Waals surface area contributed by atoms with E-state index in [2.05, 4.69) is 0 Å². The zero-order chi connectivity index (χ0) is 9.42. The maximum absolute atomic E-state index is 11.3. The van der Waals surface area contributed by atoms with E-state index in [9.17, 15) is 4.79 Å². The average molecular weight is 195 g/mol. The minimum atomic E-state index is -0.328. The van der Waals surface area contributed by atoms with Crippen LogP contribution < -0.4 is 0 Å². The molecule has 0 atom stereocenters. The smallest absolute Gasteiger partial charge is 0.344 e. The third kappa shape index (κ3) is 1.23. The van der Waals surface area contributed by atoms with Crippen molar-refractivity contribution < 1.29 is 9.53 Å². The fourth-order valence-electron chi connectivity index (χ4n) is 1.32. The molecular weight excluding hydrogens is 188 g/mol. The molecule has 0 radical (unpaired) electrons. The van der Waals surface area contributed by atoms with E-state index in [-0.39, 0.29) is 5.97 Å². The molecule has 0 saturated heterocycles. The van der Waals surface area contributed by atoms with Crippen LogP contribution in [0.3, 0.4) is 0 Å². The van der Waals surface area contributed by atoms with Gasteiger partial charge >= 0.3 is 5.97 Å². The molecule has 1 aromatic carbocycles. The van der Waals surface area contributed by atoms with Crippen molar-refractivity contribution in [3.63, 3.8) is 0 Å². The Bertz CT molecular complexity index is 407. The highest BCUT2D eigenvalue weighted by Gasteiger charge is 2.25. The summed E-state index contributed by atoms with van der Waals surface area (Å²) >= 11 is 5.75. The first kappa shape index (κ1) is 8.32. The first-order valence-corrected chi connectivity index (χ1v) is 4.28. The number of rotatable bonds is 0. The lowest BCUT2D eigenvalue weighted by atomic mass is 10.1. The molecule has 2 rings (SSSR count). The van der Waals surface area contributed by atoms with Crippen molar-refractivity contribution in [1.82, 2.24) is 0 Å². The Hall–Kier alpha value is -1.28. The van der Waals surface area contributed by atoms with Gasteiger partial charge in [0.05, 0.1) is 5.56 Å². The van der Waals surface area contributed by atoms with Crippen LogP contribution in [0.5, 0.6) is 0 Å². The Morgan fingerprint density at radius 2 is 2.15 bits per heavy atom. The van der Waals surface area contributed by atoms with Gasteiger partial charge in [0.25, 0.3) is 0 Å². The number of ether oxygens (including phenoxy) is 1. The molecule has 0 saturated carbocycles. The fraction of sp³-hybridized carbons (Fsp3) is 0.100. The Balaban J connectivity index is 2.65. The molecule has 0 N–H and O–H groups in total. The minimum absolute atomic E-state index is 0.328. The first-order valence-electron chi connectivity index (χ1n) is 3.91. The molecule has 0 fully saturated rings. The molecule has 1 aliphatic heterocycles. The number of carbonyl (C=O) groups excluding carboxylic acids is 1. The van der Waals surface area contributed by atoms with E-state index in [4.69, 9.17) is 16.3 Å². The molecule has 1 aliphatic rings. The van der Waals surface area contributed by atoms with Crippen LogP contribution in [0, 0.1) is 0 Å². The third-order valence-electron chi connectivity index (χ3n) is 1.93. The van der Waals surface area contributed by atoms with Gasteiger partial charge in [0.1, 0.15) is 5.76 Å². The molecule has 0 amide bonds. The SMILES string of the molecule is C/C=C1/OC(=O)c2cc(Cl)ccc21. The van der Waals surface area contributed by atoms with Gasteiger partial charge in [0, 0.05) is 10.6 Å². The summed E-state index contributed by atoms with van der Waals surface area (Å²) in [6.45, 7) is 1.83. The molecule has 0 aromatic heterocycles. The van der Waals surface area contributed by atoms with Crippen LogP contribution in [-0.2, 0) is 4.74 Å². The lowest BCUT2D eigenvalue weighted by molar-refractivity contribution is 0.0715. The normalized spacial score (nSPS) is 17.4. The Morgan fingerprint density at radius 3 is 2.85 bits per heavy atom. The zero-order valence-corrected chi connectivity index (χ0v) is 7.76. The second-order valence-electron chi connectivity index (χ2n) is 2.73. The molecule has 1 heterocycles. The summed E-state index contributed by atoms with van der Waals surface area (Å²) in [5, 5.41) is 0.549. The Labute approximate surface area is 80.8 Å². The molecule has 0 spiro atoms. The zero-order valence-electron chi connectivity index (χ0n) is 7.00. The van der Waals surface area contributed by atoms with E-state index >= 15 is 0 Å². The van der Waals surface area contributed by atoms with Crippen LogP contribution in [0.15, 0.2) is 24.3 Å². The standard InChI is InChI=1S/C10H7ClO2/c1-2-9-7-4-3-6(11)5-8(7)10(12)13-9/h2-5H,1H3/b9-2+. The number of fused-ring (bicyclic) bond motifs is 1. The molecule has 2 nitrogen and oxygen atoms in total. The summed E-state index contributed by atoms with van der Waals surface area (Å²) in [4.78, 5) is 11.3. The second kappa shape index (κ2) is 2.89. The van der Waals surface area contributed by atoms with E-state index in [0.717, 1.165) is 5.56 Å². The van der Waals surface area contributed by atoms with Gasteiger partial charge in [-0.2, -0.15) is 0 Å². The largest absolute Gasteiger partial charge is 0.423 e. The maximum Gasteiger partial charge on any atom is 0.344 e. The molecule has 0 bridgehead atoms. The van der Waals surface area contributed by atoms with Gasteiger partial charge in [-0.15, -0.1) is 0 Å². The van der Waals surface area contributed by atoms with Crippen molar-refractivity contribution in [3.8, 4) is 0 Å². The number of hydrogen-bond donors (Lipinski definition) is 0. The number of halogens is 1. The summed E-state index contributed by atoms with van der Waals surface area (Å²) in [6.07, 6.45) is 1.76. The fourth-order valence-corrected chi connectivity index (χ4v) is 1.50. The topological polar surface area (TPSA) is 26.3 Å². The summed E-state index contributed by atoms with van der Waals surface area (Å²) in [6, 6.07) is 5.15. The van der Waals surface area contributed by atoms with Crippen molar-refractivity contribution in [2.75, 3.05) is 0 Å². The third-order valence-corrected chi connectivity index (χ3v) is 2.17. The van der Waals surface area contributed by atoms with Gasteiger partial charge in [-0.05, 0) is 31.2 Å². The summed E-state index contributed by atoms with van der Waals surface area (Å²) in [7, 11) is 0. The Kier molecular flexibility index (Phi) is 1.85. The van der Waals surface area contributed by atoms with Crippen molar-refractivity contribution in [1.29, 1.82) is 0 Å². The number of esters is 1. The van der Waals surface area contributed by atoms with Crippen molar-refractivity contribution in [3.05, 3.63) is 40.4 Å². The summed E-state index contributed by atoms with van der Waals surface area (Å²) < 4.78 is 5.00. The number of benzene rings is 1. The van der Waals surface area contributed by atoms with Crippen LogP contribution in [0.1, 0.15) is 22.8 Å². The van der Waals surface area contributed by atoms with Crippen LogP contribution in [0.2, 0.25) is 5.02 Å². The molecule has 0 unspecified atom stereocenters. The Morgan fingerprint density at radius 1 is 1.38 bits per heavy atom.